The number of hydrogen-bond acceptors (Lipinski definition) is 6. The lowest BCUT2D eigenvalue weighted by Crippen LogP contribution is -2.20. The van der Waals surface area contributed by atoms with Gasteiger partial charge in [0, 0.05) is 43.2 Å². The van der Waals surface area contributed by atoms with Crippen LogP contribution >= 0.6 is 0 Å². The van der Waals surface area contributed by atoms with E-state index in [-0.39, 0.29) is 5.91 Å². The molecule has 1 aliphatic rings. The fourth-order valence-electron chi connectivity index (χ4n) is 6.12. The normalized spacial score (nSPS) is 16.8. The first-order chi connectivity index (χ1) is 24.2. The van der Waals surface area contributed by atoms with Crippen LogP contribution in [-0.2, 0) is 33.0 Å². The average molecular weight is 697 g/mol. The number of unbranched alkanes of at least 4 members (excludes halogenated alkanes) is 1. The Balaban J connectivity index is 1.28. The van der Waals surface area contributed by atoms with Gasteiger partial charge < -0.3 is 28.8 Å². The van der Waals surface area contributed by atoms with Gasteiger partial charge >= 0.3 is 0 Å². The molecule has 1 aromatic heterocycles. The van der Waals surface area contributed by atoms with Gasteiger partial charge in [-0.2, -0.15) is 0 Å². The van der Waals surface area contributed by atoms with Crippen LogP contribution in [0.5, 0.6) is 5.75 Å². The molecule has 50 heavy (non-hydrogen) atoms. The number of benzene rings is 3. The Labute approximate surface area is 301 Å². The molecule has 0 bridgehead atoms. The zero-order valence-corrected chi connectivity index (χ0v) is 31.0. The van der Waals surface area contributed by atoms with Crippen LogP contribution in [-0.4, -0.2) is 52.9 Å². The summed E-state index contributed by atoms with van der Waals surface area (Å²) in [4.78, 5) is 20.8. The van der Waals surface area contributed by atoms with Crippen molar-refractivity contribution in [2.45, 2.75) is 71.1 Å². The number of nitrogens with one attached hydrogen (secondary N) is 1. The maximum Gasteiger partial charge on any atom is 0.251 e. The Morgan fingerprint density at radius 2 is 1.68 bits per heavy atom. The number of amides is 1. The summed E-state index contributed by atoms with van der Waals surface area (Å²) >= 11 is -1.22. The van der Waals surface area contributed by atoms with Crippen molar-refractivity contribution in [3.05, 3.63) is 96.1 Å². The molecule has 266 valence electrons. The predicted molar refractivity (Wildman–Crippen MR) is 205 cm³/mol. The topological polar surface area (TPSA) is 91.7 Å². The summed E-state index contributed by atoms with van der Waals surface area (Å²) in [5, 5.41) is 3.03. The van der Waals surface area contributed by atoms with E-state index in [1.807, 2.05) is 54.0 Å². The lowest BCUT2D eigenvalue weighted by molar-refractivity contribution is -0.112. The molecular weight excluding hydrogens is 645 g/mol. The van der Waals surface area contributed by atoms with Crippen molar-refractivity contribution in [1.82, 2.24) is 9.55 Å². The lowest BCUT2D eigenvalue weighted by atomic mass is 9.99. The highest BCUT2D eigenvalue weighted by molar-refractivity contribution is 7.90. The molecule has 0 spiro atoms. The third-order valence-corrected chi connectivity index (χ3v) is 10.7. The number of aryl methyl sites for hydroxylation is 1. The van der Waals surface area contributed by atoms with E-state index < -0.39 is 11.2 Å². The van der Waals surface area contributed by atoms with Gasteiger partial charge in [0.05, 0.1) is 24.8 Å². The number of ether oxygens (including phenoxy) is 2. The summed E-state index contributed by atoms with van der Waals surface area (Å²) in [5.74, 6) is 2.22. The maximum absolute atomic E-state index is 13.4. The predicted octanol–water partition coefficient (Wildman–Crippen LogP) is 8.60. The van der Waals surface area contributed by atoms with E-state index in [0.717, 1.165) is 79.3 Å². The Morgan fingerprint density at radius 3 is 2.38 bits per heavy atom. The number of aromatic nitrogens is 2. The van der Waals surface area contributed by atoms with Gasteiger partial charge in [-0.1, -0.05) is 52.3 Å². The first-order valence-corrected chi connectivity index (χ1v) is 19.2. The molecule has 3 atom stereocenters. The highest BCUT2D eigenvalue weighted by Crippen LogP contribution is 2.35. The molecule has 0 radical (unpaired) electrons. The summed E-state index contributed by atoms with van der Waals surface area (Å²) in [6, 6.07) is 21.9. The molecule has 5 rings (SSSR count). The fraction of sp³-hybridized carbons (Fsp3) is 0.415. The Hall–Kier alpha value is -4.05. The first-order valence-electron chi connectivity index (χ1n) is 17.9. The number of imidazole rings is 1. The van der Waals surface area contributed by atoms with Crippen molar-refractivity contribution in [2.75, 3.05) is 43.1 Å². The zero-order valence-electron chi connectivity index (χ0n) is 30.2. The van der Waals surface area contributed by atoms with Crippen molar-refractivity contribution < 1.29 is 18.8 Å². The number of hydrogen-bond donors (Lipinski definition) is 1. The molecule has 1 fully saturated rings. The summed E-state index contributed by atoms with van der Waals surface area (Å²) in [6.07, 6.45) is 8.73. The molecule has 0 saturated carbocycles. The second kappa shape index (κ2) is 18.3. The highest BCUT2D eigenvalue weighted by Gasteiger charge is 2.27. The molecule has 1 amide bonds. The molecule has 3 aromatic carbocycles. The van der Waals surface area contributed by atoms with Gasteiger partial charge in [-0.25, -0.2) is 4.98 Å². The third kappa shape index (κ3) is 10.0. The van der Waals surface area contributed by atoms with Crippen molar-refractivity contribution in [2.24, 2.45) is 11.8 Å². The number of nitrogens with zero attached hydrogens (tertiary/aromatic N) is 3. The van der Waals surface area contributed by atoms with Crippen molar-refractivity contribution >= 4 is 34.5 Å². The third-order valence-electron chi connectivity index (χ3n) is 9.33. The van der Waals surface area contributed by atoms with E-state index >= 15 is 0 Å². The summed E-state index contributed by atoms with van der Waals surface area (Å²) in [6.45, 7) is 15.4. The van der Waals surface area contributed by atoms with E-state index in [2.05, 4.69) is 73.2 Å². The van der Waals surface area contributed by atoms with E-state index in [1.54, 1.807) is 12.5 Å². The second-order valence-corrected chi connectivity index (χ2v) is 14.8. The molecule has 4 aromatic rings. The molecule has 0 aliphatic carbocycles. The average Bonchev–Trinajstić information content (AvgIpc) is 3.70. The van der Waals surface area contributed by atoms with Crippen LogP contribution in [0, 0.1) is 11.8 Å². The van der Waals surface area contributed by atoms with Gasteiger partial charge in [-0.3, -0.25) is 4.79 Å². The molecule has 1 aliphatic heterocycles. The SMILES string of the molecule is CCCCOCCOc1ccc(-c2ccc(N3CC(C)C(C)C3)c(C=C(C)C(=O)Nc3ccc([S@@+]([O-])Cc4cncn4CCC)cc3)c2)cc1. The lowest BCUT2D eigenvalue weighted by Gasteiger charge is -2.22. The van der Waals surface area contributed by atoms with Gasteiger partial charge in [-0.15, -0.1) is 0 Å². The van der Waals surface area contributed by atoms with Gasteiger partial charge in [-0.05, 0) is 114 Å². The van der Waals surface area contributed by atoms with E-state index in [1.165, 1.54) is 0 Å². The van der Waals surface area contributed by atoms with Crippen molar-refractivity contribution in [3.63, 3.8) is 0 Å². The monoisotopic (exact) mass is 696 g/mol. The summed E-state index contributed by atoms with van der Waals surface area (Å²) in [5.41, 5.74) is 6.51. The van der Waals surface area contributed by atoms with E-state index in [0.29, 0.717) is 47.0 Å². The number of carbonyl (C=O) groups excluding carboxylic acids is 1. The van der Waals surface area contributed by atoms with E-state index in [9.17, 15) is 9.35 Å². The number of carbonyl (C=O) groups is 1. The standard InChI is InChI=1S/C41H52N4O4S/c1-6-8-20-48-21-22-49-38-14-9-33(10-15-38)34-11-18-40(45-26-31(4)32(5)27-45)35(24-34)23-30(3)41(46)43-36-12-16-39(17-13-36)50(47)28-37-25-42-29-44(37)19-7-2/h9-18,23-25,29,31-32H,6-8,19-22,26-28H2,1-5H3,(H,43,46)/t31?,32?,50-/m0/s1. The van der Waals surface area contributed by atoms with Gasteiger partial charge in [0.2, 0.25) is 0 Å². The molecule has 9 heteroatoms. The zero-order chi connectivity index (χ0) is 35.5. The van der Waals surface area contributed by atoms with Crippen LogP contribution in [0.25, 0.3) is 17.2 Å². The fourth-order valence-corrected chi connectivity index (χ4v) is 7.24. The molecule has 1 saturated heterocycles. The van der Waals surface area contributed by atoms with Crippen LogP contribution in [0.3, 0.4) is 0 Å². The van der Waals surface area contributed by atoms with Crippen LogP contribution < -0.4 is 15.0 Å². The first kappa shape index (κ1) is 37.2. The quantitative estimate of drug-likeness (QED) is 0.0676. The minimum absolute atomic E-state index is 0.179. The molecule has 2 unspecified atom stereocenters. The van der Waals surface area contributed by atoms with Gasteiger partial charge in [0.25, 0.3) is 5.91 Å². The van der Waals surface area contributed by atoms with Crippen LogP contribution in [0.15, 0.2) is 89.7 Å². The Kier molecular flexibility index (Phi) is 13.6. The van der Waals surface area contributed by atoms with Gasteiger partial charge in [0.1, 0.15) is 12.4 Å². The second-order valence-electron chi connectivity index (χ2n) is 13.3. The summed E-state index contributed by atoms with van der Waals surface area (Å²) in [7, 11) is 0. The van der Waals surface area contributed by atoms with Crippen molar-refractivity contribution in [1.29, 1.82) is 0 Å². The molecule has 8 nitrogen and oxygen atoms in total. The Morgan fingerprint density at radius 1 is 0.960 bits per heavy atom. The molecule has 1 N–H and O–H groups in total. The highest BCUT2D eigenvalue weighted by atomic mass is 32.2. The van der Waals surface area contributed by atoms with Crippen LogP contribution in [0.1, 0.15) is 65.1 Å². The summed E-state index contributed by atoms with van der Waals surface area (Å²) < 4.78 is 26.6. The minimum atomic E-state index is -1.22. The smallest absolute Gasteiger partial charge is 0.251 e. The Bertz CT molecular complexity index is 1690. The van der Waals surface area contributed by atoms with Crippen LogP contribution in [0.2, 0.25) is 0 Å². The number of anilines is 2. The van der Waals surface area contributed by atoms with E-state index in [4.69, 9.17) is 9.47 Å². The van der Waals surface area contributed by atoms with Crippen molar-refractivity contribution in [3.8, 4) is 16.9 Å². The largest absolute Gasteiger partial charge is 0.611 e. The number of rotatable bonds is 17. The molecular formula is C41H52N4O4S. The van der Waals surface area contributed by atoms with Gasteiger partial charge in [0.15, 0.2) is 10.6 Å². The maximum atomic E-state index is 13.4. The minimum Gasteiger partial charge on any atom is -0.611 e. The van der Waals surface area contributed by atoms with Crippen LogP contribution in [0.4, 0.5) is 11.4 Å². The molecule has 2 heterocycles.